The van der Waals surface area contributed by atoms with Crippen molar-refractivity contribution < 1.29 is 81.4 Å². The van der Waals surface area contributed by atoms with E-state index in [1.807, 2.05) is 114 Å². The van der Waals surface area contributed by atoms with Crippen molar-refractivity contribution in [2.75, 3.05) is 20.3 Å². The highest BCUT2D eigenvalue weighted by Crippen LogP contribution is 2.47. The van der Waals surface area contributed by atoms with Crippen molar-refractivity contribution in [2.24, 2.45) is 0 Å². The van der Waals surface area contributed by atoms with Crippen LogP contribution in [0.5, 0.6) is 0 Å². The fourth-order valence-electron chi connectivity index (χ4n) is 5.96. The molecular formula is C31H74N3O19SSi10. The van der Waals surface area contributed by atoms with Crippen LogP contribution < -0.4 is 0 Å². The Hall–Kier alpha value is 0.769. The Morgan fingerprint density at radius 1 is 0.656 bits per heavy atom. The Morgan fingerprint density at radius 2 is 1.17 bits per heavy atom. The number of H-pyrrole nitrogens is 2. The highest BCUT2D eigenvalue weighted by Gasteiger charge is 2.85. The molecule has 373 valence electrons. The summed E-state index contributed by atoms with van der Waals surface area (Å²) in [5.74, 6) is 0.642. The van der Waals surface area contributed by atoms with Crippen molar-refractivity contribution in [3.05, 3.63) is 10.6 Å². The van der Waals surface area contributed by atoms with Crippen LogP contribution in [0.15, 0.2) is 0 Å². The van der Waals surface area contributed by atoms with Crippen molar-refractivity contribution in [3.8, 4) is 0 Å². The number of nitrogens with zero attached hydrogens (tertiary/aromatic N) is 1. The van der Waals surface area contributed by atoms with Gasteiger partial charge in [-0.25, -0.2) is 4.98 Å². The van der Waals surface area contributed by atoms with Gasteiger partial charge in [0.25, 0.3) is 0 Å². The molecule has 0 aromatic carbocycles. The third-order valence-electron chi connectivity index (χ3n) is 7.66. The molecule has 0 saturated carbocycles. The maximum Gasteiger partial charge on any atom is 0.668 e. The largest absolute Gasteiger partial charge is 0.668 e. The summed E-state index contributed by atoms with van der Waals surface area (Å²) in [6.45, 7) is 32.8. The maximum absolute atomic E-state index is 10.7. The van der Waals surface area contributed by atoms with E-state index in [2.05, 4.69) is 15.2 Å². The predicted octanol–water partition coefficient (Wildman–Crippen LogP) is 5.36. The van der Waals surface area contributed by atoms with Gasteiger partial charge < -0.3 is 81.4 Å². The first-order chi connectivity index (χ1) is 29.2. The number of nitrogens with one attached hydrogen (secondary N) is 2. The second kappa shape index (κ2) is 22.5. The van der Waals surface area contributed by atoms with E-state index in [1.165, 1.54) is 7.11 Å². The molecule has 3 saturated heterocycles. The minimum atomic E-state index is -4.95. The van der Waals surface area contributed by atoms with Gasteiger partial charge in [-0.05, 0) is 139 Å². The van der Waals surface area contributed by atoms with Gasteiger partial charge in [0.1, 0.15) is 5.82 Å². The molecule has 1 radical (unpaired) electrons. The van der Waals surface area contributed by atoms with Crippen molar-refractivity contribution in [3.63, 3.8) is 0 Å². The van der Waals surface area contributed by atoms with Crippen LogP contribution in [0.2, 0.25) is 65.0 Å². The summed E-state index contributed by atoms with van der Waals surface area (Å²) in [5.41, 5.74) is 0. The summed E-state index contributed by atoms with van der Waals surface area (Å²) >= 11 is 5.04. The molecule has 3 aliphatic rings. The summed E-state index contributed by atoms with van der Waals surface area (Å²) in [5, 5.41) is 16.4. The van der Waals surface area contributed by atoms with Gasteiger partial charge in [0.05, 0.1) is 12.7 Å². The van der Waals surface area contributed by atoms with Gasteiger partial charge in [-0.15, -0.1) is 0 Å². The van der Waals surface area contributed by atoms with Crippen LogP contribution in [0, 0.1) is 4.77 Å². The summed E-state index contributed by atoms with van der Waals surface area (Å²) < 4.78 is 122. The normalized spacial score (nSPS) is 27.2. The van der Waals surface area contributed by atoms with Crippen molar-refractivity contribution >= 4 is 101 Å². The lowest BCUT2D eigenvalue weighted by Crippen LogP contribution is -2.86. The van der Waals surface area contributed by atoms with E-state index in [-0.39, 0.29) is 19.3 Å². The molecule has 33 heteroatoms. The summed E-state index contributed by atoms with van der Waals surface area (Å²) in [7, 11) is -36.4. The van der Waals surface area contributed by atoms with Gasteiger partial charge in [0, 0.05) is 50.6 Å². The van der Waals surface area contributed by atoms with Crippen LogP contribution in [0.3, 0.4) is 0 Å². The average molecular weight is 1110 g/mol. The molecule has 4 rings (SSSR count). The Labute approximate surface area is 396 Å². The molecule has 1 aromatic rings. The van der Waals surface area contributed by atoms with Crippen molar-refractivity contribution in [1.82, 2.24) is 15.2 Å². The first-order valence-corrected chi connectivity index (χ1v) is 43.6. The zero-order valence-electron chi connectivity index (χ0n) is 40.8. The van der Waals surface area contributed by atoms with Gasteiger partial charge in [0.2, 0.25) is 4.77 Å². The Bertz CT molecular complexity index is 1650. The summed E-state index contributed by atoms with van der Waals surface area (Å²) in [4.78, 5) is 4.19. The Morgan fingerprint density at radius 3 is 1.66 bits per heavy atom. The van der Waals surface area contributed by atoms with E-state index in [4.69, 9.17) is 88.5 Å². The number of hydrogen-bond acceptors (Lipinski definition) is 21. The lowest BCUT2D eigenvalue weighted by Gasteiger charge is -2.55. The number of rotatable bonds is 24. The maximum atomic E-state index is 10.7. The van der Waals surface area contributed by atoms with Gasteiger partial charge in [-0.3, -0.25) is 10.2 Å². The van der Waals surface area contributed by atoms with E-state index < -0.39 is 119 Å². The smallest absolute Gasteiger partial charge is 0.414 e. The Kier molecular flexibility index (Phi) is 20.1. The van der Waals surface area contributed by atoms with E-state index in [0.29, 0.717) is 29.9 Å². The minimum absolute atomic E-state index is 0.0540. The number of aromatic amines is 2. The third-order valence-corrected chi connectivity index (χ3v) is 40.3. The topological polar surface area (TPSA) is 231 Å². The number of aryl methyl sites for hydroxylation is 1. The van der Waals surface area contributed by atoms with Crippen LogP contribution in [0.25, 0.3) is 0 Å². The molecule has 3 fully saturated rings. The third kappa shape index (κ3) is 17.9. The average Bonchev–Trinajstić information content (AvgIpc) is 3.46. The minimum Gasteiger partial charge on any atom is -0.414 e. The molecule has 0 bridgehead atoms. The molecule has 1 aromatic heterocycles. The monoisotopic (exact) mass is 1100 g/mol. The van der Waals surface area contributed by atoms with Crippen LogP contribution in [-0.2, 0) is 82.7 Å². The SMILES string of the molecule is CO[Si]1(CCCOCC(O)CCc2nc(=S)[nH][nH]2)O[Si]2(O[Si](O[Si](C)(C)C)O[Si](OC(C)C)(OC(C)C)O2)O[Si]2(O1)O[Si](OC(C)C)(OC(C)C)O[Si](O[Si](C)(C)C)(O[Si](C)(C)C)O2. The second-order valence-electron chi connectivity index (χ2n) is 19.4. The van der Waals surface area contributed by atoms with Crippen LogP contribution in [0.4, 0.5) is 0 Å². The fourth-order valence-corrected chi connectivity index (χ4v) is 44.1. The zero-order valence-corrected chi connectivity index (χ0v) is 51.6. The molecule has 64 heavy (non-hydrogen) atoms. The molecule has 3 N–H and O–H groups in total. The molecular weight excluding hydrogens is 1030 g/mol. The summed E-state index contributed by atoms with van der Waals surface area (Å²) in [6.07, 6.45) is -1.48. The highest BCUT2D eigenvalue weighted by atomic mass is 32.1. The van der Waals surface area contributed by atoms with Gasteiger partial charge >= 0.3 is 63.6 Å². The standard InChI is InChI=1S/C31H74N3O19SSi10/c1-25(2)38-60(39-26(3)4)43-55(42-56(10,11)12)44-62(49-60)47-59(36-9,23-19-22-37-24-29(35)20-21-30-32-31(54)34-33-30)48-64(52-62)51-61(40-27(5)6,41-28(7)8)50-63(53-64,45-57(13,14)15)46-58(16,17)18/h25-29,35H,19-24H2,1-18H3,(H2,32,33,34,54). The van der Waals surface area contributed by atoms with E-state index >= 15 is 0 Å². The number of aromatic nitrogens is 3. The van der Waals surface area contributed by atoms with Gasteiger partial charge in [-0.1, -0.05) is 0 Å². The fraction of sp³-hybridized carbons (Fsp3) is 0.935. The van der Waals surface area contributed by atoms with Crippen LogP contribution >= 0.6 is 12.2 Å². The van der Waals surface area contributed by atoms with Crippen molar-refractivity contribution in [2.45, 2.75) is 170 Å². The summed E-state index contributed by atoms with van der Waals surface area (Å²) in [6, 6.07) is 0.0992. The van der Waals surface area contributed by atoms with E-state index in [0.717, 1.165) is 0 Å². The van der Waals surface area contributed by atoms with E-state index in [9.17, 15) is 5.11 Å². The number of aliphatic hydroxyl groups is 1. The molecule has 0 amide bonds. The first-order valence-electron chi connectivity index (χ1n) is 21.6. The molecule has 0 aliphatic carbocycles. The lowest BCUT2D eigenvalue weighted by molar-refractivity contribution is -0.118. The number of aliphatic hydroxyl groups excluding tert-OH is 1. The second-order valence-corrected chi connectivity index (χ2v) is 50.9. The Balaban J connectivity index is 1.88. The molecule has 22 nitrogen and oxygen atoms in total. The molecule has 3 aliphatic heterocycles. The predicted molar refractivity (Wildman–Crippen MR) is 254 cm³/mol. The van der Waals surface area contributed by atoms with E-state index in [1.54, 1.807) is 0 Å². The van der Waals surface area contributed by atoms with Gasteiger partial charge in [-0.2, -0.15) is 0 Å². The molecule has 4 heterocycles. The highest BCUT2D eigenvalue weighted by molar-refractivity contribution is 7.71. The lowest BCUT2D eigenvalue weighted by atomic mass is 10.2. The number of ether oxygens (including phenoxy) is 1. The van der Waals surface area contributed by atoms with Gasteiger partial charge in [0.15, 0.2) is 25.0 Å². The molecule has 4 atom stereocenters. The zero-order chi connectivity index (χ0) is 48.2. The van der Waals surface area contributed by atoms with Crippen LogP contribution in [-0.4, -0.2) is 160 Å². The number of hydrogen-bond donors (Lipinski definition) is 3. The first kappa shape index (κ1) is 57.3. The molecule has 4 unspecified atom stereocenters. The van der Waals surface area contributed by atoms with Crippen molar-refractivity contribution in [1.29, 1.82) is 0 Å². The quantitative estimate of drug-likeness (QED) is 0.0672. The van der Waals surface area contributed by atoms with Crippen LogP contribution in [0.1, 0.15) is 74.1 Å². The molecule has 2 spiro atoms.